The molecule has 2 heterocycles. The number of carbonyl (C=O) groups excluding carboxylic acids is 1. The Morgan fingerprint density at radius 3 is 3.03 bits per heavy atom. The van der Waals surface area contributed by atoms with Crippen LogP contribution in [0.4, 0.5) is 5.13 Å². The van der Waals surface area contributed by atoms with Crippen LogP contribution in [0.25, 0.3) is 0 Å². The van der Waals surface area contributed by atoms with E-state index in [4.69, 9.17) is 0 Å². The lowest BCUT2D eigenvalue weighted by Gasteiger charge is -2.30. The third-order valence-electron chi connectivity index (χ3n) is 4.54. The zero-order valence-electron chi connectivity index (χ0n) is 16.2. The minimum Gasteiger partial charge on any atom is -0.353 e. The van der Waals surface area contributed by atoms with Gasteiger partial charge in [0, 0.05) is 24.4 Å². The highest BCUT2D eigenvalue weighted by Crippen LogP contribution is 2.26. The van der Waals surface area contributed by atoms with Crippen LogP contribution >= 0.6 is 23.1 Å². The van der Waals surface area contributed by atoms with Gasteiger partial charge in [0.05, 0.1) is 11.4 Å². The van der Waals surface area contributed by atoms with Gasteiger partial charge in [0.15, 0.2) is 10.1 Å². The van der Waals surface area contributed by atoms with E-state index in [9.17, 15) is 13.2 Å². The van der Waals surface area contributed by atoms with Crippen LogP contribution in [0.5, 0.6) is 0 Å². The lowest BCUT2D eigenvalue weighted by atomic mass is 10.0. The first kappa shape index (κ1) is 21.9. The van der Waals surface area contributed by atoms with Gasteiger partial charge in [-0.15, -0.1) is 16.8 Å². The first-order valence-corrected chi connectivity index (χ1v) is 12.6. The summed E-state index contributed by atoms with van der Waals surface area (Å²) in [4.78, 5) is 12.7. The molecule has 0 bridgehead atoms. The van der Waals surface area contributed by atoms with Crippen molar-refractivity contribution in [3.8, 4) is 0 Å². The highest BCUT2D eigenvalue weighted by atomic mass is 32.2. The minimum absolute atomic E-state index is 0.0189. The van der Waals surface area contributed by atoms with Gasteiger partial charge in [-0.2, -0.15) is 4.31 Å². The first-order chi connectivity index (χ1) is 13.9. The van der Waals surface area contributed by atoms with Crippen LogP contribution in [0.15, 0.2) is 46.2 Å². The Bertz CT molecular complexity index is 975. The number of ketones is 1. The van der Waals surface area contributed by atoms with Crippen LogP contribution in [0.3, 0.4) is 0 Å². The lowest BCUT2D eigenvalue weighted by Crippen LogP contribution is -2.39. The van der Waals surface area contributed by atoms with Crippen molar-refractivity contribution in [2.75, 3.05) is 30.7 Å². The lowest BCUT2D eigenvalue weighted by molar-refractivity contribution is 0.101. The second-order valence-electron chi connectivity index (χ2n) is 6.89. The summed E-state index contributed by atoms with van der Waals surface area (Å²) in [5.41, 5.74) is 0.356. The normalized spacial score (nSPS) is 17.8. The average molecular weight is 453 g/mol. The van der Waals surface area contributed by atoms with Gasteiger partial charge in [-0.1, -0.05) is 48.2 Å². The molecule has 7 nitrogen and oxygen atoms in total. The van der Waals surface area contributed by atoms with Crippen molar-refractivity contribution >= 4 is 44.0 Å². The number of anilines is 1. The third-order valence-corrected chi connectivity index (χ3v) is 8.42. The van der Waals surface area contributed by atoms with Gasteiger partial charge in [0.25, 0.3) is 0 Å². The van der Waals surface area contributed by atoms with Gasteiger partial charge in [-0.05, 0) is 30.9 Å². The molecule has 29 heavy (non-hydrogen) atoms. The summed E-state index contributed by atoms with van der Waals surface area (Å²) >= 11 is 2.88. The van der Waals surface area contributed by atoms with Gasteiger partial charge in [0.2, 0.25) is 15.2 Å². The Hall–Kier alpha value is -1.75. The molecule has 1 saturated heterocycles. The molecule has 1 N–H and O–H groups in total. The third kappa shape index (κ3) is 5.65. The van der Waals surface area contributed by atoms with E-state index in [2.05, 4.69) is 29.0 Å². The highest BCUT2D eigenvalue weighted by molar-refractivity contribution is 8.01. The molecule has 0 aliphatic carbocycles. The van der Waals surface area contributed by atoms with E-state index >= 15 is 0 Å². The number of thioether (sulfide) groups is 1. The average Bonchev–Trinajstić information content (AvgIpc) is 3.18. The molecule has 0 saturated carbocycles. The van der Waals surface area contributed by atoms with Crippen molar-refractivity contribution in [2.24, 2.45) is 5.92 Å². The zero-order valence-corrected chi connectivity index (χ0v) is 18.7. The van der Waals surface area contributed by atoms with E-state index < -0.39 is 10.0 Å². The van der Waals surface area contributed by atoms with Crippen LogP contribution < -0.4 is 5.32 Å². The van der Waals surface area contributed by atoms with Crippen molar-refractivity contribution in [1.29, 1.82) is 0 Å². The van der Waals surface area contributed by atoms with Crippen molar-refractivity contribution < 1.29 is 13.2 Å². The predicted molar refractivity (Wildman–Crippen MR) is 117 cm³/mol. The van der Waals surface area contributed by atoms with Crippen LogP contribution in [0, 0.1) is 5.92 Å². The monoisotopic (exact) mass is 452 g/mol. The molecule has 10 heteroatoms. The molecule has 1 aromatic heterocycles. The molecule has 1 fully saturated rings. The maximum absolute atomic E-state index is 12.9. The van der Waals surface area contributed by atoms with E-state index in [-0.39, 0.29) is 17.2 Å². The fourth-order valence-electron chi connectivity index (χ4n) is 3.07. The molecule has 3 rings (SSSR count). The number of nitrogens with zero attached hydrogens (tertiary/aromatic N) is 3. The highest BCUT2D eigenvalue weighted by Gasteiger charge is 2.29. The molecule has 1 aliphatic heterocycles. The Kier molecular flexibility index (Phi) is 7.44. The van der Waals surface area contributed by atoms with Gasteiger partial charge < -0.3 is 5.32 Å². The zero-order chi connectivity index (χ0) is 20.9. The van der Waals surface area contributed by atoms with E-state index in [1.807, 2.05) is 0 Å². The molecular weight excluding hydrogens is 428 g/mol. The van der Waals surface area contributed by atoms with E-state index in [0.29, 0.717) is 29.7 Å². The number of nitrogens with one attached hydrogen (secondary N) is 1. The second kappa shape index (κ2) is 9.84. The first-order valence-electron chi connectivity index (χ1n) is 9.34. The Balaban J connectivity index is 1.66. The number of hydrogen-bond acceptors (Lipinski definition) is 8. The summed E-state index contributed by atoms with van der Waals surface area (Å²) in [5.74, 6) is 0.878. The number of aromatic nitrogens is 2. The maximum atomic E-state index is 12.9. The summed E-state index contributed by atoms with van der Waals surface area (Å²) in [6, 6.07) is 6.26. The van der Waals surface area contributed by atoms with Crippen LogP contribution in [-0.2, 0) is 10.0 Å². The van der Waals surface area contributed by atoms with E-state index in [1.54, 1.807) is 24.3 Å². The van der Waals surface area contributed by atoms with Crippen LogP contribution in [-0.4, -0.2) is 54.1 Å². The van der Waals surface area contributed by atoms with E-state index in [1.165, 1.54) is 33.5 Å². The van der Waals surface area contributed by atoms with Crippen molar-refractivity contribution in [2.45, 2.75) is 29.0 Å². The second-order valence-corrected chi connectivity index (χ2v) is 11.1. The fraction of sp³-hybridized carbons (Fsp3) is 0.421. The summed E-state index contributed by atoms with van der Waals surface area (Å²) < 4.78 is 28.2. The fourth-order valence-corrected chi connectivity index (χ4v) is 6.22. The number of sulfonamides is 1. The molecule has 0 spiro atoms. The quantitative estimate of drug-likeness (QED) is 0.353. The molecule has 1 aliphatic rings. The van der Waals surface area contributed by atoms with Crippen LogP contribution in [0.1, 0.15) is 30.1 Å². The van der Waals surface area contributed by atoms with Crippen LogP contribution in [0.2, 0.25) is 0 Å². The SMILES string of the molecule is C=CCSc1nnc(NCC(=O)c2cccc(S(=O)(=O)N3CCCC(C)C3)c2)s1. The summed E-state index contributed by atoms with van der Waals surface area (Å²) in [6.07, 6.45) is 3.68. The maximum Gasteiger partial charge on any atom is 0.243 e. The molecule has 0 amide bonds. The standard InChI is InChI=1S/C19H24N4O3S3/c1-3-10-27-19-22-21-18(28-19)20-12-17(24)15-7-4-8-16(11-15)29(25,26)23-9-5-6-14(2)13-23/h3-4,7-8,11,14H,1,5-6,9-10,12-13H2,2H3,(H,20,21). The van der Waals surface area contributed by atoms with Crippen molar-refractivity contribution in [1.82, 2.24) is 14.5 Å². The molecule has 0 radical (unpaired) electrons. The number of rotatable bonds is 9. The molecule has 1 unspecified atom stereocenters. The number of piperidine rings is 1. The Morgan fingerprint density at radius 2 is 2.28 bits per heavy atom. The minimum atomic E-state index is -3.59. The van der Waals surface area contributed by atoms with Gasteiger partial charge in [-0.25, -0.2) is 8.42 Å². The van der Waals surface area contributed by atoms with E-state index in [0.717, 1.165) is 22.9 Å². The topological polar surface area (TPSA) is 92.3 Å². The largest absolute Gasteiger partial charge is 0.353 e. The van der Waals surface area contributed by atoms with Gasteiger partial charge in [0.1, 0.15) is 0 Å². The summed E-state index contributed by atoms with van der Waals surface area (Å²) in [6.45, 7) is 6.78. The Labute approximate surface area is 179 Å². The molecule has 1 atom stereocenters. The molecular formula is C19H24N4O3S3. The van der Waals surface area contributed by atoms with Crippen molar-refractivity contribution in [3.63, 3.8) is 0 Å². The molecule has 1 aromatic carbocycles. The van der Waals surface area contributed by atoms with Gasteiger partial charge in [-0.3, -0.25) is 4.79 Å². The molecule has 156 valence electrons. The van der Waals surface area contributed by atoms with Crippen molar-refractivity contribution in [3.05, 3.63) is 42.5 Å². The summed E-state index contributed by atoms with van der Waals surface area (Å²) in [7, 11) is -3.59. The Morgan fingerprint density at radius 1 is 1.45 bits per heavy atom. The number of hydrogen-bond donors (Lipinski definition) is 1. The smallest absolute Gasteiger partial charge is 0.243 e. The molecule has 2 aromatic rings. The number of Topliss-reactive ketones (excluding diaryl/α,β-unsaturated/α-hetero) is 1. The summed E-state index contributed by atoms with van der Waals surface area (Å²) in [5, 5.41) is 11.6. The predicted octanol–water partition coefficient (Wildman–Crippen LogP) is 3.53. The van der Waals surface area contributed by atoms with Gasteiger partial charge >= 0.3 is 0 Å². The number of carbonyl (C=O) groups is 1. The number of benzene rings is 1.